The van der Waals surface area contributed by atoms with Gasteiger partial charge in [-0.05, 0) is 25.4 Å². The quantitative estimate of drug-likeness (QED) is 0.657. The van der Waals surface area contributed by atoms with Crippen molar-refractivity contribution in [3.8, 4) is 0 Å². The van der Waals surface area contributed by atoms with Gasteiger partial charge < -0.3 is 9.80 Å². The van der Waals surface area contributed by atoms with E-state index < -0.39 is 0 Å². The highest BCUT2D eigenvalue weighted by atomic mass is 15.3. The number of rotatable bonds is 3. The van der Waals surface area contributed by atoms with Gasteiger partial charge in [-0.1, -0.05) is 6.92 Å². The van der Waals surface area contributed by atoms with E-state index >= 15 is 0 Å². The highest BCUT2D eigenvalue weighted by molar-refractivity contribution is 4.77. The molecule has 2 heteroatoms. The molecule has 0 bridgehead atoms. The number of nitrogens with one attached hydrogen (secondary N) is 1. The average Bonchev–Trinajstić information content (AvgIpc) is 2.08. The number of nitrogens with zero attached hydrogens (tertiary/aromatic N) is 1. The Morgan fingerprint density at radius 3 is 2.23 bits per heavy atom. The van der Waals surface area contributed by atoms with Crippen LogP contribution in [0, 0.1) is 5.41 Å². The summed E-state index contributed by atoms with van der Waals surface area (Å²) in [7, 11) is 6.74. The van der Waals surface area contributed by atoms with Gasteiger partial charge in [0.05, 0.1) is 27.2 Å². The Balaban J connectivity index is 2.37. The van der Waals surface area contributed by atoms with Crippen molar-refractivity contribution in [1.82, 2.24) is 5.32 Å². The molecule has 0 radical (unpaired) electrons. The van der Waals surface area contributed by atoms with Crippen LogP contribution in [0.2, 0.25) is 0 Å². The Labute approximate surface area is 82.9 Å². The molecule has 0 unspecified atom stereocenters. The van der Waals surface area contributed by atoms with Gasteiger partial charge in [0.15, 0.2) is 0 Å². The van der Waals surface area contributed by atoms with Gasteiger partial charge >= 0.3 is 0 Å². The first-order valence-corrected chi connectivity index (χ1v) is 5.44. The standard InChI is InChI=1S/C11H25N2/c1-11(5-8-12-2)6-9-13(3,4)10-7-11/h12H,5-10H2,1-4H3/q+1. The third-order valence-corrected chi connectivity index (χ3v) is 3.62. The first-order valence-electron chi connectivity index (χ1n) is 5.44. The van der Waals surface area contributed by atoms with E-state index in [0.717, 1.165) is 0 Å². The summed E-state index contributed by atoms with van der Waals surface area (Å²) in [4.78, 5) is 0. The molecule has 13 heavy (non-hydrogen) atoms. The zero-order valence-corrected chi connectivity index (χ0v) is 9.69. The molecule has 1 saturated heterocycles. The van der Waals surface area contributed by atoms with Crippen molar-refractivity contribution >= 4 is 0 Å². The summed E-state index contributed by atoms with van der Waals surface area (Å²) in [5.41, 5.74) is 0.608. The minimum absolute atomic E-state index is 0.608. The van der Waals surface area contributed by atoms with Gasteiger partial charge in [-0.2, -0.15) is 0 Å². The number of hydrogen-bond acceptors (Lipinski definition) is 1. The maximum atomic E-state index is 3.26. The van der Waals surface area contributed by atoms with Crippen LogP contribution in [0.3, 0.4) is 0 Å². The molecule has 1 aliphatic rings. The molecular weight excluding hydrogens is 160 g/mol. The topological polar surface area (TPSA) is 12.0 Å². The fraction of sp³-hybridized carbons (Fsp3) is 1.00. The summed E-state index contributed by atoms with van der Waals surface area (Å²) in [6, 6.07) is 0. The molecule has 0 aromatic rings. The first-order chi connectivity index (χ1) is 5.97. The minimum Gasteiger partial charge on any atom is -0.328 e. The fourth-order valence-electron chi connectivity index (χ4n) is 2.06. The van der Waals surface area contributed by atoms with Crippen LogP contribution in [0.4, 0.5) is 0 Å². The summed E-state index contributed by atoms with van der Waals surface area (Å²) in [6.45, 7) is 6.31. The molecule has 1 heterocycles. The smallest absolute Gasteiger partial charge is 0.0787 e. The maximum absolute atomic E-state index is 3.26. The Kier molecular flexibility index (Phi) is 3.36. The monoisotopic (exact) mass is 185 g/mol. The lowest BCUT2D eigenvalue weighted by molar-refractivity contribution is -0.897. The Morgan fingerprint density at radius 2 is 1.77 bits per heavy atom. The zero-order valence-electron chi connectivity index (χ0n) is 9.69. The van der Waals surface area contributed by atoms with Crippen LogP contribution < -0.4 is 5.32 Å². The van der Waals surface area contributed by atoms with Gasteiger partial charge in [0.1, 0.15) is 0 Å². The van der Waals surface area contributed by atoms with E-state index in [1.165, 1.54) is 43.4 Å². The van der Waals surface area contributed by atoms with Crippen LogP contribution in [0.25, 0.3) is 0 Å². The average molecular weight is 185 g/mol. The molecule has 0 aromatic carbocycles. The van der Waals surface area contributed by atoms with Crippen molar-refractivity contribution in [3.63, 3.8) is 0 Å². The van der Waals surface area contributed by atoms with Crippen LogP contribution in [0.1, 0.15) is 26.2 Å². The van der Waals surface area contributed by atoms with Crippen molar-refractivity contribution in [2.24, 2.45) is 5.41 Å². The van der Waals surface area contributed by atoms with Crippen LogP contribution in [0.5, 0.6) is 0 Å². The second-order valence-corrected chi connectivity index (χ2v) is 5.55. The van der Waals surface area contributed by atoms with E-state index in [0.29, 0.717) is 5.41 Å². The molecule has 0 atom stereocenters. The third-order valence-electron chi connectivity index (χ3n) is 3.62. The number of quaternary nitrogens is 1. The Hall–Kier alpha value is -0.0800. The Bertz CT molecular complexity index is 153. The van der Waals surface area contributed by atoms with E-state index in [1.54, 1.807) is 0 Å². The highest BCUT2D eigenvalue weighted by Gasteiger charge is 2.34. The van der Waals surface area contributed by atoms with E-state index in [9.17, 15) is 0 Å². The van der Waals surface area contributed by atoms with Crippen LogP contribution in [-0.2, 0) is 0 Å². The molecular formula is C11H25N2+. The van der Waals surface area contributed by atoms with E-state index in [4.69, 9.17) is 0 Å². The summed E-state index contributed by atoms with van der Waals surface area (Å²) >= 11 is 0. The molecule has 1 rings (SSSR count). The third kappa shape index (κ3) is 3.28. The molecule has 1 aliphatic heterocycles. The van der Waals surface area contributed by atoms with E-state index in [1.807, 2.05) is 7.05 Å². The normalized spacial score (nSPS) is 25.8. The maximum Gasteiger partial charge on any atom is 0.0787 e. The highest BCUT2D eigenvalue weighted by Crippen LogP contribution is 2.35. The van der Waals surface area contributed by atoms with Crippen molar-refractivity contribution in [3.05, 3.63) is 0 Å². The van der Waals surface area contributed by atoms with Crippen molar-refractivity contribution < 1.29 is 4.48 Å². The van der Waals surface area contributed by atoms with Gasteiger partial charge in [-0.25, -0.2) is 0 Å². The summed E-state index contributed by atoms with van der Waals surface area (Å²) in [6.07, 6.45) is 4.12. The van der Waals surface area contributed by atoms with Gasteiger partial charge in [-0.3, -0.25) is 0 Å². The zero-order chi connectivity index (χ0) is 9.95. The largest absolute Gasteiger partial charge is 0.328 e. The second kappa shape index (κ2) is 3.97. The summed E-state index contributed by atoms with van der Waals surface area (Å²) in [5.74, 6) is 0. The lowest BCUT2D eigenvalue weighted by Gasteiger charge is -2.42. The van der Waals surface area contributed by atoms with Gasteiger partial charge in [0.25, 0.3) is 0 Å². The molecule has 1 N–H and O–H groups in total. The summed E-state index contributed by atoms with van der Waals surface area (Å²) < 4.78 is 1.22. The molecule has 0 aliphatic carbocycles. The lowest BCUT2D eigenvalue weighted by atomic mass is 9.77. The van der Waals surface area contributed by atoms with Crippen molar-refractivity contribution in [2.75, 3.05) is 40.8 Å². The molecule has 0 amide bonds. The van der Waals surface area contributed by atoms with Gasteiger partial charge in [0.2, 0.25) is 0 Å². The SMILES string of the molecule is CNCCC1(C)CC[N+](C)(C)CC1. The molecule has 0 spiro atoms. The molecule has 0 saturated carbocycles. The minimum atomic E-state index is 0.608. The predicted octanol–water partition coefficient (Wildman–Crippen LogP) is 1.47. The van der Waals surface area contributed by atoms with Crippen molar-refractivity contribution in [1.29, 1.82) is 0 Å². The molecule has 1 fully saturated rings. The summed E-state index contributed by atoms with van der Waals surface area (Å²) in [5, 5.41) is 3.26. The molecule has 78 valence electrons. The van der Waals surface area contributed by atoms with Gasteiger partial charge in [0, 0.05) is 12.8 Å². The van der Waals surface area contributed by atoms with Crippen LogP contribution >= 0.6 is 0 Å². The Morgan fingerprint density at radius 1 is 1.23 bits per heavy atom. The number of piperidine rings is 1. The number of likely N-dealkylation sites (tertiary alicyclic amines) is 1. The fourth-order valence-corrected chi connectivity index (χ4v) is 2.06. The van der Waals surface area contributed by atoms with Crippen molar-refractivity contribution in [2.45, 2.75) is 26.2 Å². The number of hydrogen-bond donors (Lipinski definition) is 1. The molecule has 0 aromatic heterocycles. The van der Waals surface area contributed by atoms with E-state index in [2.05, 4.69) is 26.3 Å². The first kappa shape index (κ1) is 11.0. The molecule has 2 nitrogen and oxygen atoms in total. The predicted molar refractivity (Wildman–Crippen MR) is 57.7 cm³/mol. The van der Waals surface area contributed by atoms with Gasteiger partial charge in [-0.15, -0.1) is 0 Å². The van der Waals surface area contributed by atoms with Crippen LogP contribution in [0.15, 0.2) is 0 Å². The van der Waals surface area contributed by atoms with Crippen LogP contribution in [-0.4, -0.2) is 45.3 Å². The second-order valence-electron chi connectivity index (χ2n) is 5.55. The lowest BCUT2D eigenvalue weighted by Crippen LogP contribution is -2.49. The van der Waals surface area contributed by atoms with E-state index in [-0.39, 0.29) is 0 Å².